The molecule has 0 aliphatic carbocycles. The summed E-state index contributed by atoms with van der Waals surface area (Å²) in [5, 5.41) is 3.47. The van der Waals surface area contributed by atoms with E-state index in [1.807, 2.05) is 25.6 Å². The molecule has 3 N–H and O–H groups in total. The largest absolute Gasteiger partial charge is 0.356 e. The first kappa shape index (κ1) is 13.8. The Morgan fingerprint density at radius 2 is 2.14 bits per heavy atom. The van der Waals surface area contributed by atoms with E-state index in [9.17, 15) is 4.79 Å². The van der Waals surface area contributed by atoms with E-state index >= 15 is 0 Å². The minimum absolute atomic E-state index is 0.0470. The van der Waals surface area contributed by atoms with Gasteiger partial charge < -0.3 is 11.1 Å². The average molecular weight is 218 g/mol. The predicted molar refractivity (Wildman–Crippen MR) is 63.5 cm³/mol. The smallest absolute Gasteiger partial charge is 0.221 e. The van der Waals surface area contributed by atoms with E-state index in [2.05, 4.69) is 18.5 Å². The molecule has 0 fully saturated rings. The molecule has 1 atom stereocenters. The lowest BCUT2D eigenvalue weighted by Crippen LogP contribution is -2.39. The van der Waals surface area contributed by atoms with Crippen molar-refractivity contribution in [1.82, 2.24) is 5.32 Å². The van der Waals surface area contributed by atoms with Gasteiger partial charge in [-0.2, -0.15) is 11.8 Å². The number of carbonyl (C=O) groups excluding carboxylic acids is 1. The maximum absolute atomic E-state index is 11.3. The molecule has 1 amide bonds. The lowest BCUT2D eigenvalue weighted by Gasteiger charge is -2.17. The van der Waals surface area contributed by atoms with Gasteiger partial charge in [-0.05, 0) is 26.5 Å². The molecule has 0 saturated carbocycles. The van der Waals surface area contributed by atoms with Crippen molar-refractivity contribution in [3.8, 4) is 0 Å². The van der Waals surface area contributed by atoms with Crippen LogP contribution in [-0.2, 0) is 4.79 Å². The standard InChI is InChI=1S/C10H22N2OS/c1-8(14-4)5-6-12-9(13)7-10(2,3)11/h8H,5-7,11H2,1-4H3,(H,12,13). The summed E-state index contributed by atoms with van der Waals surface area (Å²) in [4.78, 5) is 11.3. The fraction of sp³-hybridized carbons (Fsp3) is 0.900. The molecule has 0 aromatic carbocycles. The third-order valence-corrected chi connectivity index (χ3v) is 2.93. The summed E-state index contributed by atoms with van der Waals surface area (Å²) >= 11 is 1.81. The van der Waals surface area contributed by atoms with Crippen LogP contribution in [0.4, 0.5) is 0 Å². The summed E-state index contributed by atoms with van der Waals surface area (Å²) in [6.07, 6.45) is 3.48. The van der Waals surface area contributed by atoms with E-state index in [1.54, 1.807) is 0 Å². The fourth-order valence-electron chi connectivity index (χ4n) is 1.01. The molecule has 4 heteroatoms. The van der Waals surface area contributed by atoms with E-state index in [0.29, 0.717) is 11.7 Å². The molecule has 0 rings (SSSR count). The van der Waals surface area contributed by atoms with Crippen LogP contribution in [0.1, 0.15) is 33.6 Å². The van der Waals surface area contributed by atoms with Gasteiger partial charge >= 0.3 is 0 Å². The third kappa shape index (κ3) is 8.38. The molecule has 0 aliphatic heterocycles. The molecular formula is C10H22N2OS. The maximum Gasteiger partial charge on any atom is 0.221 e. The summed E-state index contributed by atoms with van der Waals surface area (Å²) in [7, 11) is 0. The van der Waals surface area contributed by atoms with Crippen molar-refractivity contribution < 1.29 is 4.79 Å². The Morgan fingerprint density at radius 3 is 2.57 bits per heavy atom. The van der Waals surface area contributed by atoms with Crippen LogP contribution in [0.5, 0.6) is 0 Å². The van der Waals surface area contributed by atoms with Crippen LogP contribution in [-0.4, -0.2) is 29.5 Å². The average Bonchev–Trinajstić information content (AvgIpc) is 2.00. The van der Waals surface area contributed by atoms with E-state index in [1.165, 1.54) is 0 Å². The van der Waals surface area contributed by atoms with E-state index in [4.69, 9.17) is 5.73 Å². The number of carbonyl (C=O) groups is 1. The van der Waals surface area contributed by atoms with Gasteiger partial charge in [-0.25, -0.2) is 0 Å². The zero-order valence-corrected chi connectivity index (χ0v) is 10.4. The maximum atomic E-state index is 11.3. The molecular weight excluding hydrogens is 196 g/mol. The first-order valence-corrected chi connectivity index (χ1v) is 6.22. The second kappa shape index (κ2) is 6.30. The summed E-state index contributed by atoms with van der Waals surface area (Å²) in [5.41, 5.74) is 5.32. The van der Waals surface area contributed by atoms with Crippen molar-refractivity contribution in [2.75, 3.05) is 12.8 Å². The molecule has 0 bridgehead atoms. The van der Waals surface area contributed by atoms with Gasteiger partial charge in [0.1, 0.15) is 0 Å². The Balaban J connectivity index is 3.55. The molecule has 84 valence electrons. The highest BCUT2D eigenvalue weighted by Crippen LogP contribution is 2.08. The SMILES string of the molecule is CSC(C)CCNC(=O)CC(C)(C)N. The number of hydrogen-bond acceptors (Lipinski definition) is 3. The first-order valence-electron chi connectivity index (χ1n) is 4.93. The molecule has 0 aromatic rings. The van der Waals surface area contributed by atoms with Crippen LogP contribution in [0.2, 0.25) is 0 Å². The minimum atomic E-state index is -0.408. The first-order chi connectivity index (χ1) is 6.35. The van der Waals surface area contributed by atoms with Crippen molar-refractivity contribution in [3.05, 3.63) is 0 Å². The van der Waals surface area contributed by atoms with Crippen molar-refractivity contribution in [2.45, 2.75) is 44.4 Å². The van der Waals surface area contributed by atoms with Gasteiger partial charge in [-0.3, -0.25) is 4.79 Å². The molecule has 3 nitrogen and oxygen atoms in total. The third-order valence-electron chi connectivity index (χ3n) is 1.89. The normalized spacial score (nSPS) is 13.8. The number of rotatable bonds is 6. The van der Waals surface area contributed by atoms with Gasteiger partial charge in [0.25, 0.3) is 0 Å². The summed E-state index contributed by atoms with van der Waals surface area (Å²) in [6.45, 7) is 6.62. The van der Waals surface area contributed by atoms with E-state index in [-0.39, 0.29) is 5.91 Å². The number of nitrogens with one attached hydrogen (secondary N) is 1. The topological polar surface area (TPSA) is 55.1 Å². The zero-order valence-electron chi connectivity index (χ0n) is 9.59. The number of nitrogens with two attached hydrogens (primary N) is 1. The van der Waals surface area contributed by atoms with Crippen LogP contribution in [0, 0.1) is 0 Å². The van der Waals surface area contributed by atoms with Crippen molar-refractivity contribution >= 4 is 17.7 Å². The van der Waals surface area contributed by atoms with Gasteiger partial charge in [-0.1, -0.05) is 6.92 Å². The van der Waals surface area contributed by atoms with Crippen LogP contribution >= 0.6 is 11.8 Å². The lowest BCUT2D eigenvalue weighted by molar-refractivity contribution is -0.122. The molecule has 1 unspecified atom stereocenters. The van der Waals surface area contributed by atoms with Crippen LogP contribution in [0.25, 0.3) is 0 Å². The molecule has 0 spiro atoms. The number of thioether (sulfide) groups is 1. The Hall–Kier alpha value is -0.220. The Morgan fingerprint density at radius 1 is 1.57 bits per heavy atom. The van der Waals surface area contributed by atoms with Crippen molar-refractivity contribution in [1.29, 1.82) is 0 Å². The van der Waals surface area contributed by atoms with Gasteiger partial charge in [0.05, 0.1) is 0 Å². The van der Waals surface area contributed by atoms with E-state index < -0.39 is 5.54 Å². The van der Waals surface area contributed by atoms with Crippen molar-refractivity contribution in [3.63, 3.8) is 0 Å². The van der Waals surface area contributed by atoms with Crippen LogP contribution in [0.15, 0.2) is 0 Å². The lowest BCUT2D eigenvalue weighted by atomic mass is 10.0. The van der Waals surface area contributed by atoms with Gasteiger partial charge in [-0.15, -0.1) is 0 Å². The molecule has 0 aliphatic rings. The highest BCUT2D eigenvalue weighted by Gasteiger charge is 2.15. The minimum Gasteiger partial charge on any atom is -0.356 e. The van der Waals surface area contributed by atoms with Crippen LogP contribution in [0.3, 0.4) is 0 Å². The molecule has 0 aromatic heterocycles. The van der Waals surface area contributed by atoms with Gasteiger partial charge in [0.2, 0.25) is 5.91 Å². The highest BCUT2D eigenvalue weighted by molar-refractivity contribution is 7.99. The van der Waals surface area contributed by atoms with Gasteiger partial charge in [0, 0.05) is 23.8 Å². The summed E-state index contributed by atoms with van der Waals surface area (Å²) < 4.78 is 0. The Labute approximate surface area is 91.2 Å². The Bertz CT molecular complexity index is 177. The predicted octanol–water partition coefficient (Wildman–Crippen LogP) is 1.37. The summed E-state index contributed by atoms with van der Waals surface area (Å²) in [5.74, 6) is 0.0470. The van der Waals surface area contributed by atoms with Crippen LogP contribution < -0.4 is 11.1 Å². The van der Waals surface area contributed by atoms with Crippen molar-refractivity contribution in [2.24, 2.45) is 5.73 Å². The van der Waals surface area contributed by atoms with Gasteiger partial charge in [0.15, 0.2) is 0 Å². The molecule has 0 saturated heterocycles. The second-order valence-electron chi connectivity index (χ2n) is 4.35. The monoisotopic (exact) mass is 218 g/mol. The quantitative estimate of drug-likeness (QED) is 0.708. The number of amides is 1. The molecule has 0 heterocycles. The molecule has 0 radical (unpaired) electrons. The number of hydrogen-bond donors (Lipinski definition) is 2. The fourth-order valence-corrected chi connectivity index (χ4v) is 1.36. The highest BCUT2D eigenvalue weighted by atomic mass is 32.2. The Kier molecular flexibility index (Phi) is 6.20. The summed E-state index contributed by atoms with van der Waals surface area (Å²) in [6, 6.07) is 0. The zero-order chi connectivity index (χ0) is 11.2. The molecule has 14 heavy (non-hydrogen) atoms. The van der Waals surface area contributed by atoms with E-state index in [0.717, 1.165) is 13.0 Å². The second-order valence-corrected chi connectivity index (χ2v) is 5.63.